The molecule has 0 aromatic heterocycles. The first-order chi connectivity index (χ1) is 8.11. The number of carboxylic acid groups (broad SMARTS) is 1. The summed E-state index contributed by atoms with van der Waals surface area (Å²) in [5, 5.41) is 11.7. The SMILES string of the molecule is CCCC1SCC(C(=O)O)N1C(=O)NCCN. The predicted molar refractivity (Wildman–Crippen MR) is 66.9 cm³/mol. The number of urea groups is 1. The van der Waals surface area contributed by atoms with E-state index in [1.54, 1.807) is 0 Å². The minimum absolute atomic E-state index is 0.0427. The Balaban J connectivity index is 2.70. The minimum Gasteiger partial charge on any atom is -0.480 e. The van der Waals surface area contributed by atoms with Gasteiger partial charge in [0.1, 0.15) is 6.04 Å². The van der Waals surface area contributed by atoms with Crippen molar-refractivity contribution in [3.8, 4) is 0 Å². The van der Waals surface area contributed by atoms with E-state index in [1.165, 1.54) is 16.7 Å². The first-order valence-electron chi connectivity index (χ1n) is 5.72. The highest BCUT2D eigenvalue weighted by atomic mass is 32.2. The molecule has 2 unspecified atom stereocenters. The smallest absolute Gasteiger partial charge is 0.327 e. The topological polar surface area (TPSA) is 95.7 Å². The maximum absolute atomic E-state index is 11.9. The summed E-state index contributed by atoms with van der Waals surface area (Å²) in [6.45, 7) is 2.73. The van der Waals surface area contributed by atoms with Gasteiger partial charge in [-0.3, -0.25) is 4.90 Å². The predicted octanol–water partition coefficient (Wildman–Crippen LogP) is 0.283. The standard InChI is InChI=1S/C10H19N3O3S/c1-2-3-8-13(10(16)12-5-4-11)7(6-17-8)9(14)15/h7-8H,2-6,11H2,1H3,(H,12,16)(H,14,15). The third kappa shape index (κ3) is 3.50. The average Bonchev–Trinajstić information content (AvgIpc) is 2.70. The molecule has 0 aliphatic carbocycles. The van der Waals surface area contributed by atoms with Crippen LogP contribution in [0, 0.1) is 0 Å². The van der Waals surface area contributed by atoms with Crippen molar-refractivity contribution in [1.29, 1.82) is 0 Å². The number of nitrogens with one attached hydrogen (secondary N) is 1. The molecule has 0 aromatic carbocycles. The van der Waals surface area contributed by atoms with Gasteiger partial charge < -0.3 is 16.2 Å². The summed E-state index contributed by atoms with van der Waals surface area (Å²) in [7, 11) is 0. The molecule has 0 saturated carbocycles. The van der Waals surface area contributed by atoms with Gasteiger partial charge in [-0.15, -0.1) is 11.8 Å². The molecule has 1 saturated heterocycles. The van der Waals surface area contributed by atoms with E-state index in [4.69, 9.17) is 10.8 Å². The number of carbonyl (C=O) groups excluding carboxylic acids is 1. The van der Waals surface area contributed by atoms with Crippen LogP contribution in [0.1, 0.15) is 19.8 Å². The van der Waals surface area contributed by atoms with Crippen LogP contribution in [-0.2, 0) is 4.79 Å². The Morgan fingerprint density at radius 1 is 1.59 bits per heavy atom. The molecule has 1 rings (SSSR count). The van der Waals surface area contributed by atoms with E-state index in [1.807, 2.05) is 6.92 Å². The van der Waals surface area contributed by atoms with Gasteiger partial charge in [0.2, 0.25) is 0 Å². The third-order valence-electron chi connectivity index (χ3n) is 2.57. The highest BCUT2D eigenvalue weighted by molar-refractivity contribution is 8.00. The summed E-state index contributed by atoms with van der Waals surface area (Å²) in [5.41, 5.74) is 5.31. The normalized spacial score (nSPS) is 23.8. The molecule has 1 aliphatic heterocycles. The van der Waals surface area contributed by atoms with Crippen molar-refractivity contribution in [2.75, 3.05) is 18.8 Å². The summed E-state index contributed by atoms with van der Waals surface area (Å²) in [6, 6.07) is -1.05. The first-order valence-corrected chi connectivity index (χ1v) is 6.77. The second-order valence-electron chi connectivity index (χ2n) is 3.86. The molecule has 2 atom stereocenters. The molecule has 0 aromatic rings. The van der Waals surface area contributed by atoms with Crippen LogP contribution in [0.2, 0.25) is 0 Å². The molecule has 4 N–H and O–H groups in total. The molecule has 6 nitrogen and oxygen atoms in total. The lowest BCUT2D eigenvalue weighted by molar-refractivity contribution is -0.141. The van der Waals surface area contributed by atoms with Gasteiger partial charge in [-0.1, -0.05) is 13.3 Å². The van der Waals surface area contributed by atoms with Crippen molar-refractivity contribution in [3.05, 3.63) is 0 Å². The van der Waals surface area contributed by atoms with Crippen LogP contribution < -0.4 is 11.1 Å². The third-order valence-corrected chi connectivity index (χ3v) is 3.92. The number of hydrogen-bond acceptors (Lipinski definition) is 4. The molecule has 7 heteroatoms. The summed E-state index contributed by atoms with van der Waals surface area (Å²) < 4.78 is 0. The Kier molecular flexibility index (Phi) is 5.57. The fourth-order valence-corrected chi connectivity index (χ4v) is 3.28. The zero-order chi connectivity index (χ0) is 12.8. The number of thioether (sulfide) groups is 1. The summed E-state index contributed by atoms with van der Waals surface area (Å²) in [6.07, 6.45) is 1.73. The number of rotatable bonds is 5. The maximum atomic E-state index is 11.9. The van der Waals surface area contributed by atoms with Crippen molar-refractivity contribution in [2.45, 2.75) is 31.2 Å². The fraction of sp³-hybridized carbons (Fsp3) is 0.800. The highest BCUT2D eigenvalue weighted by Gasteiger charge is 2.40. The van der Waals surface area contributed by atoms with E-state index >= 15 is 0 Å². The van der Waals surface area contributed by atoms with Gasteiger partial charge in [0.15, 0.2) is 0 Å². The molecule has 1 fully saturated rings. The van der Waals surface area contributed by atoms with Crippen LogP contribution in [0.4, 0.5) is 4.79 Å². The van der Waals surface area contributed by atoms with Gasteiger partial charge in [-0.25, -0.2) is 9.59 Å². The molecular formula is C10H19N3O3S. The van der Waals surface area contributed by atoms with Crippen molar-refractivity contribution in [3.63, 3.8) is 0 Å². The van der Waals surface area contributed by atoms with Gasteiger partial charge in [0.25, 0.3) is 0 Å². The van der Waals surface area contributed by atoms with Gasteiger partial charge >= 0.3 is 12.0 Å². The van der Waals surface area contributed by atoms with Crippen LogP contribution in [0.3, 0.4) is 0 Å². The van der Waals surface area contributed by atoms with Crippen LogP contribution in [0.15, 0.2) is 0 Å². The van der Waals surface area contributed by atoms with Gasteiger partial charge in [0.05, 0.1) is 5.37 Å². The van der Waals surface area contributed by atoms with Crippen molar-refractivity contribution >= 4 is 23.8 Å². The highest BCUT2D eigenvalue weighted by Crippen LogP contribution is 2.32. The van der Waals surface area contributed by atoms with Crippen LogP contribution in [0.25, 0.3) is 0 Å². The molecule has 2 amide bonds. The lowest BCUT2D eigenvalue weighted by Gasteiger charge is -2.27. The minimum atomic E-state index is -0.945. The lowest BCUT2D eigenvalue weighted by atomic mass is 10.2. The average molecular weight is 261 g/mol. The summed E-state index contributed by atoms with van der Waals surface area (Å²) in [5.74, 6) is -0.491. The van der Waals surface area contributed by atoms with E-state index in [-0.39, 0.29) is 11.4 Å². The lowest BCUT2D eigenvalue weighted by Crippen LogP contribution is -2.50. The second-order valence-corrected chi connectivity index (χ2v) is 5.07. The number of nitrogens with zero attached hydrogens (tertiary/aromatic N) is 1. The largest absolute Gasteiger partial charge is 0.480 e. The first kappa shape index (κ1) is 14.1. The number of hydrogen-bond donors (Lipinski definition) is 3. The molecular weight excluding hydrogens is 242 g/mol. The molecule has 1 aliphatic rings. The van der Waals surface area contributed by atoms with E-state index in [0.717, 1.165) is 12.8 Å². The monoisotopic (exact) mass is 261 g/mol. The fourth-order valence-electron chi connectivity index (χ4n) is 1.77. The number of aliphatic carboxylic acids is 1. The number of carbonyl (C=O) groups is 2. The molecule has 0 radical (unpaired) electrons. The van der Waals surface area contributed by atoms with Gasteiger partial charge in [0, 0.05) is 18.8 Å². The van der Waals surface area contributed by atoms with Crippen molar-refractivity contribution in [2.24, 2.45) is 5.73 Å². The molecule has 98 valence electrons. The van der Waals surface area contributed by atoms with E-state index in [0.29, 0.717) is 18.8 Å². The Labute approximate surface area is 105 Å². The number of nitrogens with two attached hydrogens (primary N) is 1. The Bertz CT molecular complexity index is 288. The molecule has 17 heavy (non-hydrogen) atoms. The summed E-state index contributed by atoms with van der Waals surface area (Å²) >= 11 is 1.53. The zero-order valence-corrected chi connectivity index (χ0v) is 10.7. The number of amides is 2. The molecule has 0 spiro atoms. The van der Waals surface area contributed by atoms with E-state index in [2.05, 4.69) is 5.32 Å². The molecule has 0 bridgehead atoms. The van der Waals surface area contributed by atoms with E-state index in [9.17, 15) is 9.59 Å². The van der Waals surface area contributed by atoms with Crippen LogP contribution >= 0.6 is 11.8 Å². The summed E-state index contributed by atoms with van der Waals surface area (Å²) in [4.78, 5) is 24.4. The van der Waals surface area contributed by atoms with Crippen molar-refractivity contribution < 1.29 is 14.7 Å². The van der Waals surface area contributed by atoms with E-state index < -0.39 is 12.0 Å². The Morgan fingerprint density at radius 2 is 2.29 bits per heavy atom. The van der Waals surface area contributed by atoms with Gasteiger partial charge in [-0.2, -0.15) is 0 Å². The second kappa shape index (κ2) is 6.70. The molecule has 1 heterocycles. The van der Waals surface area contributed by atoms with Crippen LogP contribution in [-0.4, -0.2) is 52.3 Å². The zero-order valence-electron chi connectivity index (χ0n) is 9.89. The van der Waals surface area contributed by atoms with Crippen LogP contribution in [0.5, 0.6) is 0 Å². The van der Waals surface area contributed by atoms with Crippen molar-refractivity contribution in [1.82, 2.24) is 10.2 Å². The Morgan fingerprint density at radius 3 is 2.82 bits per heavy atom. The van der Waals surface area contributed by atoms with Gasteiger partial charge in [-0.05, 0) is 6.42 Å². The Hall–Kier alpha value is -0.950. The quantitative estimate of drug-likeness (QED) is 0.661. The number of carboxylic acids is 1. The maximum Gasteiger partial charge on any atom is 0.327 e.